The average molecular weight is 411 g/mol. The van der Waals surface area contributed by atoms with Crippen molar-refractivity contribution in [1.82, 2.24) is 10.3 Å². The van der Waals surface area contributed by atoms with E-state index in [1.807, 2.05) is 24.4 Å². The van der Waals surface area contributed by atoms with Crippen LogP contribution in [0.4, 0.5) is 0 Å². The number of aromatic nitrogens is 1. The molecule has 2 aromatic heterocycles. The number of hydrogen-bond acceptors (Lipinski definition) is 7. The Hall–Kier alpha value is -1.71. The summed E-state index contributed by atoms with van der Waals surface area (Å²) in [6.07, 6.45) is 0.432. The van der Waals surface area contributed by atoms with E-state index in [-0.39, 0.29) is 24.0 Å². The molecule has 1 fully saturated rings. The number of sulfone groups is 1. The van der Waals surface area contributed by atoms with Gasteiger partial charge in [-0.2, -0.15) is 0 Å². The van der Waals surface area contributed by atoms with Crippen LogP contribution < -0.4 is 10.1 Å². The third-order valence-electron chi connectivity index (χ3n) is 4.47. The molecule has 9 heteroatoms. The van der Waals surface area contributed by atoms with Crippen molar-refractivity contribution in [1.29, 1.82) is 0 Å². The summed E-state index contributed by atoms with van der Waals surface area (Å²) in [5.41, 5.74) is 0.258. The fraction of sp³-hybridized carbons (Fsp3) is 0.412. The van der Waals surface area contributed by atoms with Gasteiger partial charge in [0.05, 0.1) is 37.0 Å². The SMILES string of the molecule is Cc1nc2c(cc(OCC(=O)N[C@]3(C)CCS(=O)(=O)C3)c3ccsc32)s1. The van der Waals surface area contributed by atoms with Gasteiger partial charge in [-0.3, -0.25) is 4.79 Å². The van der Waals surface area contributed by atoms with Crippen molar-refractivity contribution >= 4 is 58.7 Å². The first-order chi connectivity index (χ1) is 12.2. The molecule has 6 nitrogen and oxygen atoms in total. The lowest BCUT2D eigenvalue weighted by molar-refractivity contribution is -0.124. The lowest BCUT2D eigenvalue weighted by atomic mass is 10.0. The second-order valence-electron chi connectivity index (χ2n) is 6.86. The highest BCUT2D eigenvalue weighted by molar-refractivity contribution is 7.91. The topological polar surface area (TPSA) is 85.4 Å². The zero-order valence-electron chi connectivity index (χ0n) is 14.4. The first-order valence-corrected chi connectivity index (χ1v) is 11.7. The first kappa shape index (κ1) is 17.7. The number of nitrogens with zero attached hydrogens (tertiary/aromatic N) is 1. The van der Waals surface area contributed by atoms with Crippen LogP contribution in [0.3, 0.4) is 0 Å². The number of nitrogens with one attached hydrogen (secondary N) is 1. The minimum atomic E-state index is -3.07. The van der Waals surface area contributed by atoms with E-state index in [1.165, 1.54) is 0 Å². The number of hydrogen-bond donors (Lipinski definition) is 1. The standard InChI is InChI=1S/C17H18N2O4S3/c1-10-18-15-13(25-10)7-12(11-3-5-24-16(11)15)23-8-14(20)19-17(2)4-6-26(21,22)9-17/h3,5,7H,4,6,8-9H2,1-2H3,(H,19,20)/t17-/m1/s1. The lowest BCUT2D eigenvalue weighted by Gasteiger charge is -2.23. The third kappa shape index (κ3) is 3.30. The van der Waals surface area contributed by atoms with Crippen LogP contribution in [0.15, 0.2) is 17.5 Å². The van der Waals surface area contributed by atoms with Gasteiger partial charge < -0.3 is 10.1 Å². The Kier molecular flexibility index (Phi) is 4.20. The Morgan fingerprint density at radius 2 is 2.27 bits per heavy atom. The molecular formula is C17H18N2O4S3. The molecule has 0 spiro atoms. The van der Waals surface area contributed by atoms with E-state index < -0.39 is 15.4 Å². The van der Waals surface area contributed by atoms with Crippen LogP contribution in [-0.2, 0) is 14.6 Å². The second kappa shape index (κ2) is 6.17. The molecular weight excluding hydrogens is 392 g/mol. The maximum atomic E-state index is 12.3. The summed E-state index contributed by atoms with van der Waals surface area (Å²) in [5.74, 6) is 0.430. The molecule has 0 radical (unpaired) electrons. The van der Waals surface area contributed by atoms with Gasteiger partial charge in [0.15, 0.2) is 16.4 Å². The Morgan fingerprint density at radius 3 is 3.00 bits per heavy atom. The molecule has 138 valence electrons. The minimum Gasteiger partial charge on any atom is -0.483 e. The minimum absolute atomic E-state index is 0.0212. The molecule has 1 saturated heterocycles. The van der Waals surface area contributed by atoms with E-state index in [0.29, 0.717) is 12.2 Å². The van der Waals surface area contributed by atoms with Gasteiger partial charge in [0, 0.05) is 11.5 Å². The highest BCUT2D eigenvalue weighted by atomic mass is 32.2. The fourth-order valence-electron chi connectivity index (χ4n) is 3.33. The average Bonchev–Trinajstić information content (AvgIpc) is 3.21. The molecule has 0 aliphatic carbocycles. The first-order valence-electron chi connectivity index (χ1n) is 8.16. The Bertz CT molecular complexity index is 1120. The molecule has 0 saturated carbocycles. The van der Waals surface area contributed by atoms with Gasteiger partial charge >= 0.3 is 0 Å². The predicted molar refractivity (Wildman–Crippen MR) is 105 cm³/mol. The molecule has 0 unspecified atom stereocenters. The van der Waals surface area contributed by atoms with E-state index in [0.717, 1.165) is 25.3 Å². The highest BCUT2D eigenvalue weighted by Crippen LogP contribution is 2.38. The molecule has 1 aliphatic heterocycles. The van der Waals surface area contributed by atoms with Gasteiger partial charge in [0.25, 0.3) is 5.91 Å². The number of benzene rings is 1. The lowest BCUT2D eigenvalue weighted by Crippen LogP contribution is -2.48. The van der Waals surface area contributed by atoms with Crippen molar-refractivity contribution in [2.24, 2.45) is 0 Å². The van der Waals surface area contributed by atoms with Crippen molar-refractivity contribution in [3.63, 3.8) is 0 Å². The number of aryl methyl sites for hydroxylation is 1. The Morgan fingerprint density at radius 1 is 1.46 bits per heavy atom. The summed E-state index contributed by atoms with van der Waals surface area (Å²) in [7, 11) is -3.07. The molecule has 1 aliphatic rings. The van der Waals surface area contributed by atoms with Gasteiger partial charge in [-0.25, -0.2) is 13.4 Å². The molecule has 1 N–H and O–H groups in total. The number of ether oxygens (including phenoxy) is 1. The number of thiazole rings is 1. The van der Waals surface area contributed by atoms with E-state index >= 15 is 0 Å². The monoisotopic (exact) mass is 410 g/mol. The van der Waals surface area contributed by atoms with Crippen molar-refractivity contribution < 1.29 is 17.9 Å². The molecule has 1 atom stereocenters. The van der Waals surface area contributed by atoms with Crippen molar-refractivity contribution in [3.8, 4) is 5.75 Å². The van der Waals surface area contributed by atoms with Gasteiger partial charge in [0.2, 0.25) is 0 Å². The molecule has 26 heavy (non-hydrogen) atoms. The maximum absolute atomic E-state index is 12.3. The zero-order valence-corrected chi connectivity index (χ0v) is 16.8. The van der Waals surface area contributed by atoms with E-state index in [1.54, 1.807) is 29.6 Å². The largest absolute Gasteiger partial charge is 0.483 e. The van der Waals surface area contributed by atoms with Crippen LogP contribution in [-0.4, -0.2) is 43.0 Å². The number of amides is 1. The normalized spacial score (nSPS) is 22.1. The fourth-order valence-corrected chi connectivity index (χ4v) is 7.26. The van der Waals surface area contributed by atoms with Gasteiger partial charge in [-0.1, -0.05) is 0 Å². The smallest absolute Gasteiger partial charge is 0.258 e. The summed E-state index contributed by atoms with van der Waals surface area (Å²) in [4.78, 5) is 16.9. The van der Waals surface area contributed by atoms with Crippen LogP contribution in [0.2, 0.25) is 0 Å². The third-order valence-corrected chi connectivity index (χ3v) is 8.21. The molecule has 4 rings (SSSR count). The number of rotatable bonds is 4. The van der Waals surface area contributed by atoms with Crippen LogP contribution in [0, 0.1) is 6.92 Å². The number of carbonyl (C=O) groups excluding carboxylic acids is 1. The Labute approximate surface area is 159 Å². The van der Waals surface area contributed by atoms with Crippen LogP contribution >= 0.6 is 22.7 Å². The molecule has 1 aromatic carbocycles. The summed E-state index contributed by atoms with van der Waals surface area (Å²) in [6.45, 7) is 3.58. The van der Waals surface area contributed by atoms with Gasteiger partial charge in [0.1, 0.15) is 5.75 Å². The van der Waals surface area contributed by atoms with E-state index in [4.69, 9.17) is 4.74 Å². The summed E-state index contributed by atoms with van der Waals surface area (Å²) in [5, 5.41) is 6.72. The van der Waals surface area contributed by atoms with E-state index in [2.05, 4.69) is 10.3 Å². The van der Waals surface area contributed by atoms with Crippen LogP contribution in [0.5, 0.6) is 5.75 Å². The molecule has 3 heterocycles. The molecule has 3 aromatic rings. The number of thiophene rings is 1. The quantitative estimate of drug-likeness (QED) is 0.715. The zero-order chi connectivity index (χ0) is 18.5. The van der Waals surface area contributed by atoms with Crippen molar-refractivity contribution in [3.05, 3.63) is 22.5 Å². The van der Waals surface area contributed by atoms with Crippen LogP contribution in [0.1, 0.15) is 18.4 Å². The maximum Gasteiger partial charge on any atom is 0.258 e. The van der Waals surface area contributed by atoms with Crippen molar-refractivity contribution in [2.45, 2.75) is 25.8 Å². The Balaban J connectivity index is 1.52. The molecule has 0 bridgehead atoms. The van der Waals surface area contributed by atoms with Gasteiger partial charge in [-0.15, -0.1) is 22.7 Å². The highest BCUT2D eigenvalue weighted by Gasteiger charge is 2.39. The summed E-state index contributed by atoms with van der Waals surface area (Å²) in [6, 6.07) is 3.89. The van der Waals surface area contributed by atoms with Gasteiger partial charge in [-0.05, 0) is 31.7 Å². The summed E-state index contributed by atoms with van der Waals surface area (Å²) < 4.78 is 31.2. The summed E-state index contributed by atoms with van der Waals surface area (Å²) >= 11 is 3.19. The van der Waals surface area contributed by atoms with Crippen molar-refractivity contribution in [2.75, 3.05) is 18.1 Å². The predicted octanol–water partition coefficient (Wildman–Crippen LogP) is 2.89. The number of fused-ring (bicyclic) bond motifs is 3. The molecule has 1 amide bonds. The van der Waals surface area contributed by atoms with Crippen LogP contribution in [0.25, 0.3) is 20.3 Å². The number of carbonyl (C=O) groups is 1. The second-order valence-corrected chi connectivity index (χ2v) is 11.2. The van der Waals surface area contributed by atoms with E-state index in [9.17, 15) is 13.2 Å².